The molecule has 14 heavy (non-hydrogen) atoms. The van der Waals surface area contributed by atoms with Gasteiger partial charge in [0.15, 0.2) is 0 Å². The SMILES string of the molecule is CC(C)CNC(=O)[C@@H]1CC[C@H](N)C1.Cl. The summed E-state index contributed by atoms with van der Waals surface area (Å²) >= 11 is 0. The molecule has 1 rings (SSSR count). The predicted molar refractivity (Wildman–Crippen MR) is 60.4 cm³/mol. The molecule has 1 aliphatic carbocycles. The van der Waals surface area contributed by atoms with Crippen LogP contribution in [0.3, 0.4) is 0 Å². The minimum Gasteiger partial charge on any atom is -0.356 e. The van der Waals surface area contributed by atoms with Crippen molar-refractivity contribution in [3.05, 3.63) is 0 Å². The molecule has 3 nitrogen and oxygen atoms in total. The Balaban J connectivity index is 0.00000169. The third kappa shape index (κ3) is 4.29. The van der Waals surface area contributed by atoms with E-state index in [9.17, 15) is 4.79 Å². The minimum atomic E-state index is 0. The Bertz CT molecular complexity index is 185. The van der Waals surface area contributed by atoms with E-state index in [1.54, 1.807) is 0 Å². The summed E-state index contributed by atoms with van der Waals surface area (Å²) in [6, 6.07) is 0.245. The maximum atomic E-state index is 11.5. The molecule has 84 valence electrons. The summed E-state index contributed by atoms with van der Waals surface area (Å²) in [7, 11) is 0. The maximum Gasteiger partial charge on any atom is 0.223 e. The van der Waals surface area contributed by atoms with Crippen LogP contribution >= 0.6 is 12.4 Å². The van der Waals surface area contributed by atoms with Crippen LogP contribution in [0.25, 0.3) is 0 Å². The van der Waals surface area contributed by atoms with Gasteiger partial charge in [0.2, 0.25) is 5.91 Å². The van der Waals surface area contributed by atoms with Crippen LogP contribution in [0.15, 0.2) is 0 Å². The normalized spacial score (nSPS) is 26.0. The molecule has 0 aromatic carbocycles. The van der Waals surface area contributed by atoms with Crippen LogP contribution in [0.5, 0.6) is 0 Å². The number of nitrogens with one attached hydrogen (secondary N) is 1. The molecule has 0 aromatic heterocycles. The summed E-state index contributed by atoms with van der Waals surface area (Å²) in [5.74, 6) is 0.898. The van der Waals surface area contributed by atoms with Crippen molar-refractivity contribution in [2.24, 2.45) is 17.6 Å². The molecule has 0 saturated heterocycles. The lowest BCUT2D eigenvalue weighted by Gasteiger charge is -2.12. The van der Waals surface area contributed by atoms with Crippen molar-refractivity contribution >= 4 is 18.3 Å². The lowest BCUT2D eigenvalue weighted by molar-refractivity contribution is -0.124. The molecular weight excluding hydrogens is 200 g/mol. The zero-order chi connectivity index (χ0) is 9.84. The minimum absolute atomic E-state index is 0. The second-order valence-corrected chi connectivity index (χ2v) is 4.41. The Morgan fingerprint density at radius 3 is 2.57 bits per heavy atom. The Morgan fingerprint density at radius 1 is 1.50 bits per heavy atom. The highest BCUT2D eigenvalue weighted by Gasteiger charge is 2.27. The van der Waals surface area contributed by atoms with Gasteiger partial charge in [0.05, 0.1) is 0 Å². The zero-order valence-electron chi connectivity index (χ0n) is 8.95. The number of rotatable bonds is 3. The fourth-order valence-corrected chi connectivity index (χ4v) is 1.70. The molecule has 0 spiro atoms. The molecule has 0 bridgehead atoms. The third-order valence-electron chi connectivity index (χ3n) is 2.53. The number of nitrogens with two attached hydrogens (primary N) is 1. The number of halogens is 1. The lowest BCUT2D eigenvalue weighted by atomic mass is 10.1. The van der Waals surface area contributed by atoms with Gasteiger partial charge in [-0.3, -0.25) is 4.79 Å². The van der Waals surface area contributed by atoms with Crippen LogP contribution in [-0.4, -0.2) is 18.5 Å². The van der Waals surface area contributed by atoms with Gasteiger partial charge >= 0.3 is 0 Å². The number of hydrogen-bond donors (Lipinski definition) is 2. The van der Waals surface area contributed by atoms with E-state index in [1.165, 1.54) is 0 Å². The second-order valence-electron chi connectivity index (χ2n) is 4.41. The second kappa shape index (κ2) is 6.25. The first-order chi connectivity index (χ1) is 6.09. The first-order valence-corrected chi connectivity index (χ1v) is 5.13. The molecule has 1 fully saturated rings. The van der Waals surface area contributed by atoms with E-state index in [0.29, 0.717) is 5.92 Å². The molecule has 3 N–H and O–H groups in total. The summed E-state index contributed by atoms with van der Waals surface area (Å²) in [6.45, 7) is 4.98. The van der Waals surface area contributed by atoms with Crippen LogP contribution in [0.1, 0.15) is 33.1 Å². The Morgan fingerprint density at radius 2 is 2.14 bits per heavy atom. The van der Waals surface area contributed by atoms with Gasteiger partial charge in [0, 0.05) is 18.5 Å². The summed E-state index contributed by atoms with van der Waals surface area (Å²) in [6.07, 6.45) is 2.83. The van der Waals surface area contributed by atoms with Gasteiger partial charge in [0.25, 0.3) is 0 Å². The summed E-state index contributed by atoms with van der Waals surface area (Å²) < 4.78 is 0. The van der Waals surface area contributed by atoms with Gasteiger partial charge in [-0.25, -0.2) is 0 Å². The van der Waals surface area contributed by atoms with Crippen molar-refractivity contribution in [1.82, 2.24) is 5.32 Å². The Kier molecular flexibility index (Phi) is 6.12. The lowest BCUT2D eigenvalue weighted by Crippen LogP contribution is -2.32. The summed E-state index contributed by atoms with van der Waals surface area (Å²) in [5.41, 5.74) is 5.74. The van der Waals surface area contributed by atoms with E-state index < -0.39 is 0 Å². The highest BCUT2D eigenvalue weighted by atomic mass is 35.5. The highest BCUT2D eigenvalue weighted by molar-refractivity contribution is 5.85. The average molecular weight is 221 g/mol. The largest absolute Gasteiger partial charge is 0.356 e. The summed E-state index contributed by atoms with van der Waals surface area (Å²) in [4.78, 5) is 11.5. The molecule has 0 aromatic rings. The van der Waals surface area contributed by atoms with Crippen LogP contribution < -0.4 is 11.1 Å². The topological polar surface area (TPSA) is 55.1 Å². The van der Waals surface area contributed by atoms with Crippen molar-refractivity contribution in [3.63, 3.8) is 0 Å². The van der Waals surface area contributed by atoms with E-state index in [0.717, 1.165) is 25.8 Å². The standard InChI is InChI=1S/C10H20N2O.ClH/c1-7(2)6-12-10(13)8-3-4-9(11)5-8;/h7-9H,3-6,11H2,1-2H3,(H,12,13);1H/t8-,9+;/m1./s1. The third-order valence-corrected chi connectivity index (χ3v) is 2.53. The molecular formula is C10H21ClN2O. The smallest absolute Gasteiger partial charge is 0.223 e. The van der Waals surface area contributed by atoms with E-state index >= 15 is 0 Å². The Hall–Kier alpha value is -0.280. The fraction of sp³-hybridized carbons (Fsp3) is 0.900. The first kappa shape index (κ1) is 13.7. The fourth-order valence-electron chi connectivity index (χ4n) is 1.70. The van der Waals surface area contributed by atoms with Crippen LogP contribution in [0.2, 0.25) is 0 Å². The van der Waals surface area contributed by atoms with Crippen LogP contribution in [0.4, 0.5) is 0 Å². The van der Waals surface area contributed by atoms with Crippen molar-refractivity contribution in [1.29, 1.82) is 0 Å². The van der Waals surface area contributed by atoms with Gasteiger partial charge < -0.3 is 11.1 Å². The number of carbonyl (C=O) groups is 1. The number of hydrogen-bond acceptors (Lipinski definition) is 2. The molecule has 0 radical (unpaired) electrons. The molecule has 0 heterocycles. The molecule has 1 saturated carbocycles. The molecule has 0 aliphatic heterocycles. The van der Waals surface area contributed by atoms with Gasteiger partial charge in [0.1, 0.15) is 0 Å². The zero-order valence-corrected chi connectivity index (χ0v) is 9.77. The van der Waals surface area contributed by atoms with Gasteiger partial charge in [-0.05, 0) is 25.2 Å². The predicted octanol–water partition coefficient (Wildman–Crippen LogP) is 1.31. The van der Waals surface area contributed by atoms with Crippen LogP contribution in [-0.2, 0) is 4.79 Å². The van der Waals surface area contributed by atoms with Crippen molar-refractivity contribution < 1.29 is 4.79 Å². The van der Waals surface area contributed by atoms with Crippen LogP contribution in [0, 0.1) is 11.8 Å². The molecule has 0 unspecified atom stereocenters. The maximum absolute atomic E-state index is 11.5. The van der Waals surface area contributed by atoms with Crippen molar-refractivity contribution in [2.45, 2.75) is 39.2 Å². The monoisotopic (exact) mass is 220 g/mol. The van der Waals surface area contributed by atoms with E-state index in [-0.39, 0.29) is 30.3 Å². The first-order valence-electron chi connectivity index (χ1n) is 5.13. The average Bonchev–Trinajstić information content (AvgIpc) is 2.47. The van der Waals surface area contributed by atoms with E-state index in [1.807, 2.05) is 0 Å². The van der Waals surface area contributed by atoms with Crippen molar-refractivity contribution in [3.8, 4) is 0 Å². The Labute approximate surface area is 92.2 Å². The number of carbonyl (C=O) groups excluding carboxylic acids is 1. The van der Waals surface area contributed by atoms with E-state index in [2.05, 4.69) is 19.2 Å². The molecule has 1 aliphatic rings. The van der Waals surface area contributed by atoms with Crippen molar-refractivity contribution in [2.75, 3.05) is 6.54 Å². The molecule has 4 heteroatoms. The van der Waals surface area contributed by atoms with Gasteiger partial charge in [-0.2, -0.15) is 0 Å². The molecule has 2 atom stereocenters. The quantitative estimate of drug-likeness (QED) is 0.754. The number of amides is 1. The summed E-state index contributed by atoms with van der Waals surface area (Å²) in [5, 5.41) is 2.95. The van der Waals surface area contributed by atoms with E-state index in [4.69, 9.17) is 5.73 Å². The van der Waals surface area contributed by atoms with Gasteiger partial charge in [-0.1, -0.05) is 13.8 Å². The molecule has 1 amide bonds. The highest BCUT2D eigenvalue weighted by Crippen LogP contribution is 2.23. The van der Waals surface area contributed by atoms with Gasteiger partial charge in [-0.15, -0.1) is 12.4 Å².